The lowest BCUT2D eigenvalue weighted by atomic mass is 10.0. The molecule has 2 saturated heterocycles. The Labute approximate surface area is 209 Å². The maximum absolute atomic E-state index is 13.4. The minimum atomic E-state index is 0.0148. The standard InChI is InChI=1S/C29H38N2O4/c1-2-33-26-21-22(34-18-8-16-30-12-3-4-13-30)20-24-28(26)27-23(29(24)32)10-7-11-25(27)35-19-9-17-31-14-5-6-15-31/h7,10-11,20-21H,2-6,8-9,12-19H2,1H3. The summed E-state index contributed by atoms with van der Waals surface area (Å²) in [5.74, 6) is 2.17. The van der Waals surface area contributed by atoms with Gasteiger partial charge in [-0.05, 0) is 83.8 Å². The molecule has 5 rings (SSSR count). The van der Waals surface area contributed by atoms with Crippen molar-refractivity contribution < 1.29 is 19.0 Å². The summed E-state index contributed by atoms with van der Waals surface area (Å²) in [4.78, 5) is 18.4. The van der Waals surface area contributed by atoms with E-state index in [1.165, 1.54) is 51.9 Å². The highest BCUT2D eigenvalue weighted by atomic mass is 16.5. The summed E-state index contributed by atoms with van der Waals surface area (Å²) >= 11 is 0. The molecule has 188 valence electrons. The largest absolute Gasteiger partial charge is 0.493 e. The van der Waals surface area contributed by atoms with E-state index in [-0.39, 0.29) is 5.78 Å². The zero-order valence-electron chi connectivity index (χ0n) is 21.0. The maximum Gasteiger partial charge on any atom is 0.194 e. The third-order valence-electron chi connectivity index (χ3n) is 7.30. The van der Waals surface area contributed by atoms with Gasteiger partial charge in [-0.3, -0.25) is 4.79 Å². The van der Waals surface area contributed by atoms with E-state index in [2.05, 4.69) is 9.80 Å². The van der Waals surface area contributed by atoms with Gasteiger partial charge in [0.05, 0.1) is 19.8 Å². The molecule has 0 aromatic heterocycles. The summed E-state index contributed by atoms with van der Waals surface area (Å²) in [6.07, 6.45) is 7.16. The summed E-state index contributed by atoms with van der Waals surface area (Å²) in [6, 6.07) is 9.59. The molecule has 2 heterocycles. The second-order valence-corrected chi connectivity index (χ2v) is 9.79. The fraction of sp³-hybridized carbons (Fsp3) is 0.552. The highest BCUT2D eigenvalue weighted by molar-refractivity contribution is 6.23. The number of carbonyl (C=O) groups is 1. The predicted octanol–water partition coefficient (Wildman–Crippen LogP) is 5.03. The van der Waals surface area contributed by atoms with E-state index in [1.54, 1.807) is 0 Å². The summed E-state index contributed by atoms with van der Waals surface area (Å²) in [6.45, 7) is 10.7. The lowest BCUT2D eigenvalue weighted by Crippen LogP contribution is -2.22. The third-order valence-corrected chi connectivity index (χ3v) is 7.30. The minimum absolute atomic E-state index is 0.0148. The zero-order chi connectivity index (χ0) is 24.0. The van der Waals surface area contributed by atoms with Crippen LogP contribution in [0.25, 0.3) is 11.1 Å². The lowest BCUT2D eigenvalue weighted by Gasteiger charge is -2.17. The van der Waals surface area contributed by atoms with Crippen molar-refractivity contribution in [1.82, 2.24) is 9.80 Å². The molecule has 0 unspecified atom stereocenters. The quantitative estimate of drug-likeness (QED) is 0.341. The molecule has 0 amide bonds. The highest BCUT2D eigenvalue weighted by Crippen LogP contribution is 2.49. The van der Waals surface area contributed by atoms with Crippen molar-refractivity contribution in [3.05, 3.63) is 41.5 Å². The van der Waals surface area contributed by atoms with E-state index < -0.39 is 0 Å². The Bertz CT molecular complexity index is 1030. The molecule has 3 aliphatic rings. The van der Waals surface area contributed by atoms with Crippen LogP contribution in [-0.2, 0) is 0 Å². The van der Waals surface area contributed by atoms with Crippen LogP contribution in [0.4, 0.5) is 0 Å². The Morgan fingerprint density at radius 3 is 2.03 bits per heavy atom. The van der Waals surface area contributed by atoms with Crippen molar-refractivity contribution in [3.8, 4) is 28.4 Å². The van der Waals surface area contributed by atoms with E-state index >= 15 is 0 Å². The van der Waals surface area contributed by atoms with Gasteiger partial charge in [-0.2, -0.15) is 0 Å². The number of carbonyl (C=O) groups excluding carboxylic acids is 1. The number of ketones is 1. The van der Waals surface area contributed by atoms with Crippen LogP contribution in [0.3, 0.4) is 0 Å². The Morgan fingerprint density at radius 2 is 1.37 bits per heavy atom. The number of likely N-dealkylation sites (tertiary alicyclic amines) is 2. The third kappa shape index (κ3) is 5.49. The maximum atomic E-state index is 13.4. The molecular formula is C29H38N2O4. The number of ether oxygens (including phenoxy) is 3. The normalized spacial score (nSPS) is 17.6. The molecule has 0 atom stereocenters. The van der Waals surface area contributed by atoms with Crippen molar-refractivity contribution in [2.24, 2.45) is 0 Å². The fourth-order valence-electron chi connectivity index (χ4n) is 5.58. The minimum Gasteiger partial charge on any atom is -0.493 e. The molecule has 0 N–H and O–H groups in total. The second kappa shape index (κ2) is 11.4. The summed E-state index contributed by atoms with van der Waals surface area (Å²) < 4.78 is 18.4. The van der Waals surface area contributed by atoms with E-state index in [0.717, 1.165) is 42.8 Å². The molecule has 35 heavy (non-hydrogen) atoms. The number of hydrogen-bond donors (Lipinski definition) is 0. The Hall–Kier alpha value is -2.57. The highest BCUT2D eigenvalue weighted by Gasteiger charge is 2.33. The Balaban J connectivity index is 1.30. The average molecular weight is 479 g/mol. The van der Waals surface area contributed by atoms with Gasteiger partial charge >= 0.3 is 0 Å². The van der Waals surface area contributed by atoms with Gasteiger partial charge in [0.1, 0.15) is 17.2 Å². The molecule has 6 heteroatoms. The number of hydrogen-bond acceptors (Lipinski definition) is 6. The van der Waals surface area contributed by atoms with E-state index in [1.807, 2.05) is 37.3 Å². The molecule has 2 aliphatic heterocycles. The molecular weight excluding hydrogens is 440 g/mol. The van der Waals surface area contributed by atoms with Crippen LogP contribution in [-0.4, -0.2) is 74.7 Å². The summed E-state index contributed by atoms with van der Waals surface area (Å²) in [7, 11) is 0. The Morgan fingerprint density at radius 1 is 0.743 bits per heavy atom. The SMILES string of the molecule is CCOc1cc(OCCCN2CCCC2)cc2c1-c1c(OCCCN3CCCC3)cccc1C2=O. The first-order valence-corrected chi connectivity index (χ1v) is 13.4. The van der Waals surface area contributed by atoms with Crippen molar-refractivity contribution in [3.63, 3.8) is 0 Å². The average Bonchev–Trinajstić information content (AvgIpc) is 3.63. The monoisotopic (exact) mass is 478 g/mol. The van der Waals surface area contributed by atoms with Gasteiger partial charge in [0.2, 0.25) is 0 Å². The van der Waals surface area contributed by atoms with Crippen LogP contribution in [0.5, 0.6) is 17.2 Å². The zero-order valence-corrected chi connectivity index (χ0v) is 21.0. The van der Waals surface area contributed by atoms with E-state index in [0.29, 0.717) is 42.4 Å². The number of rotatable bonds is 12. The van der Waals surface area contributed by atoms with Crippen LogP contribution in [0, 0.1) is 0 Å². The first kappa shape index (κ1) is 24.1. The van der Waals surface area contributed by atoms with Crippen molar-refractivity contribution in [1.29, 1.82) is 0 Å². The summed E-state index contributed by atoms with van der Waals surface area (Å²) in [5, 5.41) is 0. The van der Waals surface area contributed by atoms with Gasteiger partial charge in [-0.1, -0.05) is 12.1 Å². The van der Waals surface area contributed by atoms with Gasteiger partial charge in [-0.25, -0.2) is 0 Å². The van der Waals surface area contributed by atoms with Crippen molar-refractivity contribution >= 4 is 5.78 Å². The van der Waals surface area contributed by atoms with E-state index in [9.17, 15) is 4.79 Å². The number of nitrogens with zero attached hydrogens (tertiary/aromatic N) is 2. The van der Waals surface area contributed by atoms with Gasteiger partial charge < -0.3 is 24.0 Å². The topological polar surface area (TPSA) is 51.2 Å². The predicted molar refractivity (Wildman–Crippen MR) is 138 cm³/mol. The Kier molecular flexibility index (Phi) is 7.89. The number of benzene rings is 2. The van der Waals surface area contributed by atoms with Gasteiger partial charge in [-0.15, -0.1) is 0 Å². The van der Waals surface area contributed by atoms with Crippen LogP contribution in [0.15, 0.2) is 30.3 Å². The lowest BCUT2D eigenvalue weighted by molar-refractivity contribution is 0.104. The molecule has 0 radical (unpaired) electrons. The van der Waals surface area contributed by atoms with Gasteiger partial charge in [0, 0.05) is 41.4 Å². The first-order valence-electron chi connectivity index (χ1n) is 13.4. The molecule has 0 bridgehead atoms. The van der Waals surface area contributed by atoms with Crippen LogP contribution >= 0.6 is 0 Å². The van der Waals surface area contributed by atoms with Crippen LogP contribution in [0.1, 0.15) is 61.4 Å². The first-order chi connectivity index (χ1) is 17.2. The van der Waals surface area contributed by atoms with Gasteiger partial charge in [0.15, 0.2) is 5.78 Å². The molecule has 6 nitrogen and oxygen atoms in total. The van der Waals surface area contributed by atoms with Gasteiger partial charge in [0.25, 0.3) is 0 Å². The second-order valence-electron chi connectivity index (χ2n) is 9.79. The smallest absolute Gasteiger partial charge is 0.194 e. The van der Waals surface area contributed by atoms with Crippen LogP contribution < -0.4 is 14.2 Å². The molecule has 0 saturated carbocycles. The molecule has 2 aromatic carbocycles. The van der Waals surface area contributed by atoms with Crippen molar-refractivity contribution in [2.45, 2.75) is 45.4 Å². The molecule has 0 spiro atoms. The summed E-state index contributed by atoms with van der Waals surface area (Å²) in [5.41, 5.74) is 3.03. The molecule has 1 aliphatic carbocycles. The molecule has 2 aromatic rings. The fourth-order valence-corrected chi connectivity index (χ4v) is 5.58. The van der Waals surface area contributed by atoms with Crippen LogP contribution in [0.2, 0.25) is 0 Å². The number of fused-ring (bicyclic) bond motifs is 3. The molecule has 2 fully saturated rings. The van der Waals surface area contributed by atoms with E-state index in [4.69, 9.17) is 14.2 Å². The van der Waals surface area contributed by atoms with Crippen molar-refractivity contribution in [2.75, 3.05) is 59.1 Å².